The third-order valence-corrected chi connectivity index (χ3v) is 3.45. The average Bonchev–Trinajstić information content (AvgIpc) is 2.56. The van der Waals surface area contributed by atoms with E-state index in [1.807, 2.05) is 5.40 Å². The summed E-state index contributed by atoms with van der Waals surface area (Å²) < 4.78 is 12.8. The molecule has 0 aliphatic carbocycles. The fourth-order valence-electron chi connectivity index (χ4n) is 1.71. The molecule has 23 heavy (non-hydrogen) atoms. The van der Waals surface area contributed by atoms with Crippen molar-refractivity contribution in [2.24, 2.45) is 0 Å². The van der Waals surface area contributed by atoms with Crippen molar-refractivity contribution in [2.45, 2.75) is 11.4 Å². The predicted molar refractivity (Wildman–Crippen MR) is 84.8 cm³/mol. The van der Waals surface area contributed by atoms with Gasteiger partial charge < -0.3 is 10.6 Å². The number of nitrogens with zero attached hydrogens (tertiary/aromatic N) is 1. The number of hydrogen-bond donors (Lipinski definition) is 2. The van der Waals surface area contributed by atoms with Crippen molar-refractivity contribution in [2.75, 3.05) is 5.32 Å². The second-order valence-electron chi connectivity index (χ2n) is 4.48. The van der Waals surface area contributed by atoms with Crippen LogP contribution < -0.4 is 10.6 Å². The number of nitriles is 1. The van der Waals surface area contributed by atoms with Crippen molar-refractivity contribution in [3.05, 3.63) is 59.9 Å². The molecule has 0 fully saturated rings. The highest BCUT2D eigenvalue weighted by Gasteiger charge is 2.13. The van der Waals surface area contributed by atoms with Gasteiger partial charge in [-0.05, 0) is 53.7 Å². The van der Waals surface area contributed by atoms with E-state index in [-0.39, 0.29) is 12.4 Å². The van der Waals surface area contributed by atoms with Crippen LogP contribution in [-0.4, -0.2) is 11.8 Å². The highest BCUT2D eigenvalue weighted by Crippen LogP contribution is 2.18. The molecule has 2 rings (SSSR count). The van der Waals surface area contributed by atoms with Crippen LogP contribution in [0.2, 0.25) is 0 Å². The summed E-state index contributed by atoms with van der Waals surface area (Å²) in [6, 6.07) is 12.2. The van der Waals surface area contributed by atoms with E-state index in [1.165, 1.54) is 24.3 Å². The number of amides is 2. The van der Waals surface area contributed by atoms with E-state index in [1.54, 1.807) is 24.3 Å². The number of carbonyl (C=O) groups excluding carboxylic acids is 2. The Balaban J connectivity index is 1.86. The predicted octanol–water partition coefficient (Wildman–Crippen LogP) is 2.65. The zero-order valence-electron chi connectivity index (χ0n) is 11.9. The molecule has 0 aromatic heterocycles. The van der Waals surface area contributed by atoms with Crippen molar-refractivity contribution in [1.82, 2.24) is 5.32 Å². The fraction of sp³-hybridized carbons (Fsp3) is 0.0625. The van der Waals surface area contributed by atoms with Crippen LogP contribution in [0.1, 0.15) is 5.56 Å². The van der Waals surface area contributed by atoms with Gasteiger partial charge in [0.15, 0.2) is 0 Å². The summed E-state index contributed by atoms with van der Waals surface area (Å²) in [6.45, 7) is 0.129. The first kappa shape index (κ1) is 16.5. The van der Waals surface area contributed by atoms with E-state index in [4.69, 9.17) is 5.26 Å². The van der Waals surface area contributed by atoms with Gasteiger partial charge in [-0.1, -0.05) is 12.1 Å². The first-order valence-corrected chi connectivity index (χ1v) is 7.40. The number of hydrogen-bond acceptors (Lipinski definition) is 4. The van der Waals surface area contributed by atoms with E-state index in [0.717, 1.165) is 16.7 Å². The molecule has 7 heteroatoms. The molecule has 2 N–H and O–H groups in total. The Morgan fingerprint density at radius 3 is 2.30 bits per heavy atom. The summed E-state index contributed by atoms with van der Waals surface area (Å²) in [5.41, 5.74) is 1.14. The minimum absolute atomic E-state index is 0.129. The maximum atomic E-state index is 12.8. The molecule has 2 aromatic rings. The molecule has 0 aliphatic heterocycles. The molecular formula is C16H12FN3O2S. The van der Waals surface area contributed by atoms with E-state index >= 15 is 0 Å². The molecular weight excluding hydrogens is 317 g/mol. The lowest BCUT2D eigenvalue weighted by molar-refractivity contribution is -0.136. The number of anilines is 1. The maximum absolute atomic E-state index is 12.8. The van der Waals surface area contributed by atoms with Crippen LogP contribution in [0.5, 0.6) is 0 Å². The van der Waals surface area contributed by atoms with Crippen molar-refractivity contribution < 1.29 is 14.0 Å². The molecule has 0 saturated carbocycles. The molecule has 0 aliphatic rings. The first-order chi connectivity index (χ1) is 11.1. The number of carbonyl (C=O) groups is 2. The van der Waals surface area contributed by atoms with E-state index in [2.05, 4.69) is 10.6 Å². The lowest BCUT2D eigenvalue weighted by atomic mass is 10.2. The Labute approximate surface area is 136 Å². The van der Waals surface area contributed by atoms with E-state index in [9.17, 15) is 14.0 Å². The van der Waals surface area contributed by atoms with Gasteiger partial charge in [0.05, 0.1) is 0 Å². The molecule has 0 spiro atoms. The van der Waals surface area contributed by atoms with Crippen molar-refractivity contribution in [3.8, 4) is 5.40 Å². The SMILES string of the molecule is N#CSc1ccc(NC(=O)C(=O)NCc2ccc(F)cc2)cc1. The van der Waals surface area contributed by atoms with Gasteiger partial charge in [0.25, 0.3) is 0 Å². The number of thioether (sulfide) groups is 1. The largest absolute Gasteiger partial charge is 0.344 e. The van der Waals surface area contributed by atoms with Crippen molar-refractivity contribution >= 4 is 29.3 Å². The Hall–Kier alpha value is -2.85. The number of benzene rings is 2. The second kappa shape index (κ2) is 7.96. The topological polar surface area (TPSA) is 82.0 Å². The molecule has 2 amide bonds. The van der Waals surface area contributed by atoms with Crippen LogP contribution in [0, 0.1) is 16.5 Å². The molecule has 0 heterocycles. The number of nitrogens with one attached hydrogen (secondary N) is 2. The lowest BCUT2D eigenvalue weighted by Gasteiger charge is -2.07. The summed E-state index contributed by atoms with van der Waals surface area (Å²) in [5, 5.41) is 15.4. The van der Waals surface area contributed by atoms with E-state index in [0.29, 0.717) is 11.3 Å². The highest BCUT2D eigenvalue weighted by atomic mass is 32.2. The molecule has 116 valence electrons. The molecule has 0 unspecified atom stereocenters. The van der Waals surface area contributed by atoms with Gasteiger partial charge in [0.1, 0.15) is 11.2 Å². The summed E-state index contributed by atoms with van der Waals surface area (Å²) >= 11 is 1.00. The van der Waals surface area contributed by atoms with Gasteiger partial charge in [0, 0.05) is 17.1 Å². The van der Waals surface area contributed by atoms with Crippen LogP contribution in [0.15, 0.2) is 53.4 Å². The molecule has 0 radical (unpaired) electrons. The minimum atomic E-state index is -0.798. The Morgan fingerprint density at radius 1 is 1.04 bits per heavy atom. The standard InChI is InChI=1S/C16H12FN3O2S/c17-12-3-1-11(2-4-12)9-19-15(21)16(22)20-13-5-7-14(8-6-13)23-10-18/h1-8H,9H2,(H,19,21)(H,20,22). The Kier molecular flexibility index (Phi) is 5.72. The first-order valence-electron chi connectivity index (χ1n) is 6.58. The van der Waals surface area contributed by atoms with Crippen molar-refractivity contribution in [3.63, 3.8) is 0 Å². The normalized spacial score (nSPS) is 9.74. The smallest absolute Gasteiger partial charge is 0.313 e. The molecule has 0 atom stereocenters. The maximum Gasteiger partial charge on any atom is 0.313 e. The highest BCUT2D eigenvalue weighted by molar-refractivity contribution is 8.03. The zero-order valence-corrected chi connectivity index (χ0v) is 12.7. The monoisotopic (exact) mass is 329 g/mol. The molecule has 0 saturated heterocycles. The van der Waals surface area contributed by atoms with Crippen LogP contribution in [0.3, 0.4) is 0 Å². The summed E-state index contributed by atoms with van der Waals surface area (Å²) in [5.74, 6) is -1.95. The van der Waals surface area contributed by atoms with Crippen LogP contribution in [0.4, 0.5) is 10.1 Å². The molecule has 0 bridgehead atoms. The van der Waals surface area contributed by atoms with Crippen LogP contribution in [-0.2, 0) is 16.1 Å². The molecule has 5 nitrogen and oxygen atoms in total. The molecule has 2 aromatic carbocycles. The van der Waals surface area contributed by atoms with Crippen LogP contribution >= 0.6 is 11.8 Å². The third kappa shape index (κ3) is 5.13. The fourth-order valence-corrected chi connectivity index (χ4v) is 2.09. The van der Waals surface area contributed by atoms with E-state index < -0.39 is 11.8 Å². The quantitative estimate of drug-likeness (QED) is 0.513. The lowest BCUT2D eigenvalue weighted by Crippen LogP contribution is -2.34. The van der Waals surface area contributed by atoms with Gasteiger partial charge in [-0.2, -0.15) is 5.26 Å². The Morgan fingerprint density at radius 2 is 1.70 bits per heavy atom. The number of thiocyanates is 1. The van der Waals surface area contributed by atoms with Gasteiger partial charge >= 0.3 is 11.8 Å². The summed E-state index contributed by atoms with van der Waals surface area (Å²) in [4.78, 5) is 24.2. The second-order valence-corrected chi connectivity index (χ2v) is 5.34. The Bertz CT molecular complexity index is 739. The number of halogens is 1. The van der Waals surface area contributed by atoms with Gasteiger partial charge in [-0.3, -0.25) is 9.59 Å². The summed E-state index contributed by atoms with van der Waals surface area (Å²) in [6.07, 6.45) is 0. The van der Waals surface area contributed by atoms with Crippen molar-refractivity contribution in [1.29, 1.82) is 5.26 Å². The zero-order chi connectivity index (χ0) is 16.7. The third-order valence-electron chi connectivity index (χ3n) is 2.85. The summed E-state index contributed by atoms with van der Waals surface area (Å²) in [7, 11) is 0. The van der Waals surface area contributed by atoms with Gasteiger partial charge in [-0.25, -0.2) is 4.39 Å². The van der Waals surface area contributed by atoms with Gasteiger partial charge in [0.2, 0.25) is 0 Å². The average molecular weight is 329 g/mol. The van der Waals surface area contributed by atoms with Crippen LogP contribution in [0.25, 0.3) is 0 Å². The number of rotatable bonds is 4. The van der Waals surface area contributed by atoms with Gasteiger partial charge in [-0.15, -0.1) is 0 Å². The minimum Gasteiger partial charge on any atom is -0.344 e.